The molecule has 1 unspecified atom stereocenters. The van der Waals surface area contributed by atoms with Crippen molar-refractivity contribution in [3.63, 3.8) is 0 Å². The van der Waals surface area contributed by atoms with Gasteiger partial charge in [-0.15, -0.1) is 0 Å². The smallest absolute Gasteiger partial charge is 0.309 e. The summed E-state index contributed by atoms with van der Waals surface area (Å²) < 4.78 is 4.92. The van der Waals surface area contributed by atoms with Crippen LogP contribution in [-0.4, -0.2) is 18.2 Å². The zero-order chi connectivity index (χ0) is 12.9. The van der Waals surface area contributed by atoms with Gasteiger partial charge in [-0.1, -0.05) is 13.0 Å². The number of aromatic hydroxyl groups is 1. The summed E-state index contributed by atoms with van der Waals surface area (Å²) in [5.74, 6) is 0.450. The van der Waals surface area contributed by atoms with Crippen LogP contribution in [0.1, 0.15) is 30.9 Å². The van der Waals surface area contributed by atoms with Gasteiger partial charge in [0.1, 0.15) is 5.75 Å². The summed E-state index contributed by atoms with van der Waals surface area (Å²) in [6.07, 6.45) is 3.16. The molecular weight excluding hydrogens is 228 g/mol. The molecular formula is C15H18O3. The second-order valence-corrected chi connectivity index (χ2v) is 5.52. The van der Waals surface area contributed by atoms with E-state index >= 15 is 0 Å². The zero-order valence-electron chi connectivity index (χ0n) is 10.8. The number of ether oxygens (including phenoxy) is 1. The van der Waals surface area contributed by atoms with Crippen molar-refractivity contribution >= 4 is 5.97 Å². The molecule has 3 nitrogen and oxygen atoms in total. The van der Waals surface area contributed by atoms with Gasteiger partial charge >= 0.3 is 5.97 Å². The number of rotatable bonds is 1. The summed E-state index contributed by atoms with van der Waals surface area (Å²) in [7, 11) is 1.45. The van der Waals surface area contributed by atoms with Crippen LogP contribution in [0.2, 0.25) is 0 Å². The van der Waals surface area contributed by atoms with E-state index in [1.54, 1.807) is 6.07 Å². The number of carbonyl (C=O) groups is 1. The summed E-state index contributed by atoms with van der Waals surface area (Å²) in [4.78, 5) is 11.9. The third-order valence-corrected chi connectivity index (χ3v) is 4.84. The highest BCUT2D eigenvalue weighted by Crippen LogP contribution is 2.65. The zero-order valence-corrected chi connectivity index (χ0v) is 10.8. The van der Waals surface area contributed by atoms with Gasteiger partial charge in [0.05, 0.1) is 13.0 Å². The normalized spacial score (nSPS) is 33.0. The van der Waals surface area contributed by atoms with Gasteiger partial charge in [-0.05, 0) is 48.4 Å². The molecule has 1 spiro atoms. The van der Waals surface area contributed by atoms with Gasteiger partial charge < -0.3 is 9.84 Å². The molecule has 96 valence electrons. The van der Waals surface area contributed by atoms with Gasteiger partial charge in [-0.3, -0.25) is 4.79 Å². The van der Waals surface area contributed by atoms with Crippen molar-refractivity contribution in [2.24, 2.45) is 11.8 Å². The molecule has 1 saturated carbocycles. The molecule has 3 rings (SSSR count). The van der Waals surface area contributed by atoms with E-state index in [1.807, 2.05) is 12.1 Å². The quantitative estimate of drug-likeness (QED) is 0.774. The van der Waals surface area contributed by atoms with Crippen LogP contribution in [0.25, 0.3) is 0 Å². The highest BCUT2D eigenvalue weighted by atomic mass is 16.5. The van der Waals surface area contributed by atoms with Crippen molar-refractivity contribution < 1.29 is 14.6 Å². The molecule has 3 heteroatoms. The van der Waals surface area contributed by atoms with Gasteiger partial charge in [0.15, 0.2) is 0 Å². The Hall–Kier alpha value is -1.51. The Bertz CT molecular complexity index is 508. The lowest BCUT2D eigenvalue weighted by Gasteiger charge is -2.27. The van der Waals surface area contributed by atoms with Crippen LogP contribution in [-0.2, 0) is 21.4 Å². The number of benzene rings is 1. The Balaban J connectivity index is 2.07. The monoisotopic (exact) mass is 246 g/mol. The van der Waals surface area contributed by atoms with E-state index < -0.39 is 0 Å². The first-order chi connectivity index (χ1) is 8.61. The molecule has 0 aromatic heterocycles. The van der Waals surface area contributed by atoms with E-state index in [0.29, 0.717) is 5.92 Å². The first kappa shape index (κ1) is 11.6. The minimum atomic E-state index is -0.112. The van der Waals surface area contributed by atoms with Crippen LogP contribution >= 0.6 is 0 Å². The van der Waals surface area contributed by atoms with Crippen LogP contribution in [0.5, 0.6) is 5.75 Å². The largest absolute Gasteiger partial charge is 0.508 e. The van der Waals surface area contributed by atoms with Crippen LogP contribution in [0.3, 0.4) is 0 Å². The van der Waals surface area contributed by atoms with Crippen molar-refractivity contribution in [3.8, 4) is 5.75 Å². The molecule has 2 aliphatic rings. The summed E-state index contributed by atoms with van der Waals surface area (Å²) in [6.45, 7) is 2.11. The van der Waals surface area contributed by atoms with E-state index in [2.05, 4.69) is 6.92 Å². The first-order valence-corrected chi connectivity index (χ1v) is 6.51. The predicted octanol–water partition coefficient (Wildman–Crippen LogP) is 2.41. The summed E-state index contributed by atoms with van der Waals surface area (Å²) in [5, 5.41) is 9.70. The molecule has 1 fully saturated rings. The van der Waals surface area contributed by atoms with Crippen molar-refractivity contribution in [1.82, 2.24) is 0 Å². The third-order valence-electron chi connectivity index (χ3n) is 4.84. The van der Waals surface area contributed by atoms with E-state index in [4.69, 9.17) is 4.74 Å². The Labute approximate surface area is 107 Å². The topological polar surface area (TPSA) is 46.5 Å². The van der Waals surface area contributed by atoms with Crippen LogP contribution in [0, 0.1) is 11.8 Å². The fourth-order valence-electron chi connectivity index (χ4n) is 3.89. The Morgan fingerprint density at radius 2 is 2.28 bits per heavy atom. The lowest BCUT2D eigenvalue weighted by atomic mass is 9.77. The number of aryl methyl sites for hydroxylation is 1. The molecule has 0 amide bonds. The molecule has 0 radical (unpaired) electrons. The molecule has 1 aromatic rings. The minimum Gasteiger partial charge on any atom is -0.508 e. The van der Waals surface area contributed by atoms with Gasteiger partial charge in [0.2, 0.25) is 0 Å². The second kappa shape index (κ2) is 3.74. The summed E-state index contributed by atoms with van der Waals surface area (Å²) in [5.41, 5.74) is 2.35. The van der Waals surface area contributed by atoms with Gasteiger partial charge in [-0.25, -0.2) is 0 Å². The first-order valence-electron chi connectivity index (χ1n) is 6.51. The summed E-state index contributed by atoms with van der Waals surface area (Å²) in [6, 6.07) is 5.57. The molecule has 1 aromatic carbocycles. The lowest BCUT2D eigenvalue weighted by Crippen LogP contribution is -2.22. The van der Waals surface area contributed by atoms with Crippen LogP contribution in [0.15, 0.2) is 18.2 Å². The molecule has 0 heterocycles. The molecule has 1 N–H and O–H groups in total. The molecule has 0 saturated heterocycles. The SMILES string of the molecule is COC(=O)C1[C@H](C)[C@]12CCCc1ccc(O)cc12. The Morgan fingerprint density at radius 3 is 3.00 bits per heavy atom. The molecule has 0 bridgehead atoms. The van der Waals surface area contributed by atoms with Crippen molar-refractivity contribution in [3.05, 3.63) is 29.3 Å². The average Bonchev–Trinajstić information content (AvgIpc) is 2.95. The van der Waals surface area contributed by atoms with E-state index in [-0.39, 0.29) is 23.1 Å². The van der Waals surface area contributed by atoms with Gasteiger partial charge in [-0.2, -0.15) is 0 Å². The van der Waals surface area contributed by atoms with Crippen molar-refractivity contribution in [2.75, 3.05) is 7.11 Å². The molecule has 0 aliphatic heterocycles. The van der Waals surface area contributed by atoms with Crippen LogP contribution in [0.4, 0.5) is 0 Å². The van der Waals surface area contributed by atoms with Crippen molar-refractivity contribution in [2.45, 2.75) is 31.6 Å². The van der Waals surface area contributed by atoms with Crippen molar-refractivity contribution in [1.29, 1.82) is 0 Å². The molecule has 2 aliphatic carbocycles. The van der Waals surface area contributed by atoms with Crippen LogP contribution < -0.4 is 0 Å². The number of hydrogen-bond acceptors (Lipinski definition) is 3. The van der Waals surface area contributed by atoms with E-state index in [1.165, 1.54) is 12.7 Å². The van der Waals surface area contributed by atoms with E-state index in [0.717, 1.165) is 24.8 Å². The maximum atomic E-state index is 11.9. The van der Waals surface area contributed by atoms with Gasteiger partial charge in [0.25, 0.3) is 0 Å². The Morgan fingerprint density at radius 1 is 1.50 bits per heavy atom. The maximum Gasteiger partial charge on any atom is 0.309 e. The minimum absolute atomic E-state index is 0.0386. The Kier molecular flexibility index (Phi) is 2.40. The maximum absolute atomic E-state index is 11.9. The number of hydrogen-bond donors (Lipinski definition) is 1. The average molecular weight is 246 g/mol. The number of phenolic OH excluding ortho intramolecular Hbond substituents is 1. The van der Waals surface area contributed by atoms with E-state index in [9.17, 15) is 9.90 Å². The standard InChI is InChI=1S/C15H18O3/c1-9-13(14(17)18-2)15(9)7-3-4-10-5-6-11(16)8-12(10)15/h5-6,8-9,13,16H,3-4,7H2,1-2H3/t9-,13?,15-/m0/s1. The number of phenols is 1. The second-order valence-electron chi connectivity index (χ2n) is 5.52. The van der Waals surface area contributed by atoms with Gasteiger partial charge in [0, 0.05) is 5.41 Å². The highest BCUT2D eigenvalue weighted by molar-refractivity contribution is 5.80. The predicted molar refractivity (Wildman–Crippen MR) is 67.4 cm³/mol. The number of methoxy groups -OCH3 is 1. The third kappa shape index (κ3) is 1.33. The number of carbonyl (C=O) groups excluding carboxylic acids is 1. The number of fused-ring (bicyclic) bond motifs is 2. The number of esters is 1. The molecule has 3 atom stereocenters. The summed E-state index contributed by atoms with van der Waals surface area (Å²) >= 11 is 0. The fourth-order valence-corrected chi connectivity index (χ4v) is 3.89. The fraction of sp³-hybridized carbons (Fsp3) is 0.533. The lowest BCUT2D eigenvalue weighted by molar-refractivity contribution is -0.143. The highest BCUT2D eigenvalue weighted by Gasteiger charge is 2.67. The molecule has 18 heavy (non-hydrogen) atoms.